The van der Waals surface area contributed by atoms with Crippen LogP contribution in [0.15, 0.2) is 25.0 Å². The Morgan fingerprint density at radius 2 is 2.60 bits per heavy atom. The zero-order valence-corrected chi connectivity index (χ0v) is 8.77. The lowest BCUT2D eigenvalue weighted by Gasteiger charge is -2.02. The number of rotatable bonds is 6. The third kappa shape index (κ3) is 3.84. The number of hydrogen-bond donors (Lipinski definition) is 1. The molecule has 0 fully saturated rings. The molecule has 1 rings (SSSR count). The first-order chi connectivity index (χ1) is 7.26. The van der Waals surface area contributed by atoms with Crippen molar-refractivity contribution in [3.05, 3.63) is 25.0 Å². The highest BCUT2D eigenvalue weighted by atomic mass is 16.5. The number of carbonyl (C=O) groups is 1. The molecule has 0 aliphatic heterocycles. The molecular weight excluding hydrogens is 194 g/mol. The zero-order valence-electron chi connectivity index (χ0n) is 8.77. The quantitative estimate of drug-likeness (QED) is 0.697. The van der Waals surface area contributed by atoms with Gasteiger partial charge in [-0.1, -0.05) is 6.08 Å². The van der Waals surface area contributed by atoms with E-state index in [1.807, 2.05) is 6.92 Å². The Hall–Kier alpha value is -1.78. The van der Waals surface area contributed by atoms with Crippen LogP contribution in [0.4, 0.5) is 0 Å². The molecule has 1 aromatic heterocycles. The zero-order chi connectivity index (χ0) is 11.1. The van der Waals surface area contributed by atoms with E-state index >= 15 is 0 Å². The summed E-state index contributed by atoms with van der Waals surface area (Å²) in [7, 11) is 0. The Kier molecular flexibility index (Phi) is 4.40. The van der Waals surface area contributed by atoms with Crippen LogP contribution in [0, 0.1) is 0 Å². The van der Waals surface area contributed by atoms with E-state index in [-0.39, 0.29) is 12.5 Å². The Morgan fingerprint density at radius 1 is 1.80 bits per heavy atom. The molecule has 0 saturated heterocycles. The summed E-state index contributed by atoms with van der Waals surface area (Å²) in [6.45, 7) is 6.72. The van der Waals surface area contributed by atoms with Gasteiger partial charge in [0.15, 0.2) is 12.4 Å². The van der Waals surface area contributed by atoms with Crippen LogP contribution >= 0.6 is 0 Å². The molecule has 0 aromatic carbocycles. The van der Waals surface area contributed by atoms with E-state index < -0.39 is 0 Å². The second-order valence-electron chi connectivity index (χ2n) is 2.91. The Bertz CT molecular complexity index is 333. The average molecular weight is 209 g/mol. The van der Waals surface area contributed by atoms with E-state index in [9.17, 15) is 4.79 Å². The van der Waals surface area contributed by atoms with Crippen molar-refractivity contribution in [1.82, 2.24) is 15.1 Å². The molecule has 1 amide bonds. The normalized spacial score (nSPS) is 9.67. The van der Waals surface area contributed by atoms with Crippen molar-refractivity contribution in [2.75, 3.05) is 13.2 Å². The molecule has 5 heteroatoms. The minimum atomic E-state index is -0.167. The number of carbonyl (C=O) groups excluding carboxylic acids is 1. The van der Waals surface area contributed by atoms with Crippen LogP contribution in [0.1, 0.15) is 6.92 Å². The molecule has 1 N–H and O–H groups in total. The predicted octanol–water partition coefficient (Wildman–Crippen LogP) is 0.584. The summed E-state index contributed by atoms with van der Waals surface area (Å²) >= 11 is 0. The highest BCUT2D eigenvalue weighted by molar-refractivity contribution is 5.77. The minimum Gasteiger partial charge on any atom is -0.480 e. The lowest BCUT2D eigenvalue weighted by Crippen LogP contribution is -2.28. The van der Waals surface area contributed by atoms with Gasteiger partial charge in [-0.15, -0.1) is 6.58 Å². The molecule has 0 unspecified atom stereocenters. The molecule has 1 aromatic rings. The number of hydrogen-bond acceptors (Lipinski definition) is 3. The van der Waals surface area contributed by atoms with E-state index in [2.05, 4.69) is 17.0 Å². The molecule has 15 heavy (non-hydrogen) atoms. The lowest BCUT2D eigenvalue weighted by molar-refractivity contribution is -0.122. The van der Waals surface area contributed by atoms with Crippen molar-refractivity contribution < 1.29 is 9.53 Å². The van der Waals surface area contributed by atoms with Gasteiger partial charge in [-0.3, -0.25) is 9.48 Å². The average Bonchev–Trinajstić information content (AvgIpc) is 2.71. The highest BCUT2D eigenvalue weighted by Crippen LogP contribution is 2.07. The fraction of sp³-hybridized carbons (Fsp3) is 0.400. The highest BCUT2D eigenvalue weighted by Gasteiger charge is 2.02. The molecule has 82 valence electrons. The van der Waals surface area contributed by atoms with Crippen molar-refractivity contribution in [3.8, 4) is 5.75 Å². The summed E-state index contributed by atoms with van der Waals surface area (Å²) in [5.74, 6) is 0.435. The molecular formula is C10H15N3O2. The van der Waals surface area contributed by atoms with Gasteiger partial charge < -0.3 is 10.1 Å². The first kappa shape index (κ1) is 11.3. The fourth-order valence-electron chi connectivity index (χ4n) is 0.978. The van der Waals surface area contributed by atoms with E-state index in [0.717, 1.165) is 6.54 Å². The summed E-state index contributed by atoms with van der Waals surface area (Å²) in [6, 6.07) is 0. The maximum Gasteiger partial charge on any atom is 0.258 e. The smallest absolute Gasteiger partial charge is 0.258 e. The van der Waals surface area contributed by atoms with E-state index in [0.29, 0.717) is 12.3 Å². The van der Waals surface area contributed by atoms with Crippen molar-refractivity contribution in [2.24, 2.45) is 0 Å². The summed E-state index contributed by atoms with van der Waals surface area (Å²) in [6.07, 6.45) is 4.96. The van der Waals surface area contributed by atoms with Gasteiger partial charge in [-0.2, -0.15) is 5.10 Å². The van der Waals surface area contributed by atoms with Gasteiger partial charge >= 0.3 is 0 Å². The Labute approximate surface area is 88.7 Å². The number of ether oxygens (including phenoxy) is 1. The van der Waals surface area contributed by atoms with Crippen LogP contribution in [0.25, 0.3) is 0 Å². The molecule has 0 atom stereocenters. The van der Waals surface area contributed by atoms with Gasteiger partial charge in [0.2, 0.25) is 0 Å². The van der Waals surface area contributed by atoms with Crippen LogP contribution in [0.2, 0.25) is 0 Å². The Morgan fingerprint density at radius 3 is 3.20 bits per heavy atom. The van der Waals surface area contributed by atoms with E-state index in [1.165, 1.54) is 0 Å². The third-order valence-electron chi connectivity index (χ3n) is 1.75. The first-order valence-corrected chi connectivity index (χ1v) is 4.79. The summed E-state index contributed by atoms with van der Waals surface area (Å²) in [4.78, 5) is 11.1. The van der Waals surface area contributed by atoms with E-state index in [1.54, 1.807) is 23.2 Å². The van der Waals surface area contributed by atoms with Gasteiger partial charge in [0.05, 0.1) is 12.4 Å². The monoisotopic (exact) mass is 209 g/mol. The van der Waals surface area contributed by atoms with Gasteiger partial charge in [0, 0.05) is 13.1 Å². The molecule has 0 aliphatic carbocycles. The maximum atomic E-state index is 11.1. The van der Waals surface area contributed by atoms with Crippen LogP contribution in [-0.4, -0.2) is 28.8 Å². The number of nitrogens with one attached hydrogen (secondary N) is 1. The molecule has 0 aliphatic rings. The largest absolute Gasteiger partial charge is 0.480 e. The number of aryl methyl sites for hydroxylation is 1. The molecule has 5 nitrogen and oxygen atoms in total. The third-order valence-corrected chi connectivity index (χ3v) is 1.75. The van der Waals surface area contributed by atoms with Gasteiger partial charge in [-0.25, -0.2) is 0 Å². The molecule has 0 radical (unpaired) electrons. The molecule has 0 spiro atoms. The van der Waals surface area contributed by atoms with E-state index in [4.69, 9.17) is 4.74 Å². The maximum absolute atomic E-state index is 11.1. The van der Waals surface area contributed by atoms with Crippen LogP contribution in [-0.2, 0) is 11.3 Å². The fourth-order valence-corrected chi connectivity index (χ4v) is 0.978. The second kappa shape index (κ2) is 5.85. The first-order valence-electron chi connectivity index (χ1n) is 4.79. The number of aromatic nitrogens is 2. The van der Waals surface area contributed by atoms with Crippen molar-refractivity contribution >= 4 is 5.91 Å². The van der Waals surface area contributed by atoms with Crippen molar-refractivity contribution in [3.63, 3.8) is 0 Å². The Balaban J connectivity index is 2.30. The number of amides is 1. The van der Waals surface area contributed by atoms with Crippen LogP contribution in [0.3, 0.4) is 0 Å². The standard InChI is InChI=1S/C10H15N3O2/c1-3-5-11-10(14)8-15-9-6-12-13(4-2)7-9/h3,6-7H,1,4-5,8H2,2H3,(H,11,14). The van der Waals surface area contributed by atoms with Crippen molar-refractivity contribution in [2.45, 2.75) is 13.5 Å². The molecule has 0 saturated carbocycles. The summed E-state index contributed by atoms with van der Waals surface area (Å²) < 4.78 is 6.95. The summed E-state index contributed by atoms with van der Waals surface area (Å²) in [5, 5.41) is 6.63. The molecule has 0 bridgehead atoms. The lowest BCUT2D eigenvalue weighted by atomic mass is 10.5. The van der Waals surface area contributed by atoms with Gasteiger partial charge in [0.1, 0.15) is 0 Å². The summed E-state index contributed by atoms with van der Waals surface area (Å²) in [5.41, 5.74) is 0. The van der Waals surface area contributed by atoms with Gasteiger partial charge in [0.25, 0.3) is 5.91 Å². The SMILES string of the molecule is C=CCNC(=O)COc1cnn(CC)c1. The molecule has 1 heterocycles. The second-order valence-corrected chi connectivity index (χ2v) is 2.91. The van der Waals surface area contributed by atoms with Crippen LogP contribution in [0.5, 0.6) is 5.75 Å². The number of nitrogens with zero attached hydrogens (tertiary/aromatic N) is 2. The van der Waals surface area contributed by atoms with Crippen molar-refractivity contribution in [1.29, 1.82) is 0 Å². The topological polar surface area (TPSA) is 56.1 Å². The minimum absolute atomic E-state index is 0.00322. The predicted molar refractivity (Wildman–Crippen MR) is 56.6 cm³/mol. The van der Waals surface area contributed by atoms with Crippen LogP contribution < -0.4 is 10.1 Å². The van der Waals surface area contributed by atoms with Gasteiger partial charge in [-0.05, 0) is 6.92 Å².